The first-order valence-corrected chi connectivity index (χ1v) is 8.07. The molecule has 13 heteroatoms. The molecule has 0 aliphatic carbocycles. The van der Waals surface area contributed by atoms with Gasteiger partial charge in [0, 0.05) is 5.56 Å². The fourth-order valence-electron chi connectivity index (χ4n) is 2.78. The molecule has 0 saturated carbocycles. The molecule has 0 unspecified atom stereocenters. The lowest BCUT2D eigenvalue weighted by Crippen LogP contribution is -2.11. The van der Waals surface area contributed by atoms with Gasteiger partial charge in [0.1, 0.15) is 17.2 Å². The van der Waals surface area contributed by atoms with E-state index in [-0.39, 0.29) is 18.2 Å². The molecule has 3 rings (SSSR count). The van der Waals surface area contributed by atoms with Gasteiger partial charge in [0.15, 0.2) is 0 Å². The molecule has 0 amide bonds. The van der Waals surface area contributed by atoms with E-state index in [0.717, 1.165) is 12.1 Å². The number of nitrogens with one attached hydrogen (secondary N) is 1. The van der Waals surface area contributed by atoms with Crippen LogP contribution in [0.15, 0.2) is 36.4 Å². The highest BCUT2D eigenvalue weighted by molar-refractivity contribution is 5.85. The second-order valence-electron chi connectivity index (χ2n) is 6.32. The van der Waals surface area contributed by atoms with Crippen molar-refractivity contribution in [3.8, 4) is 33.9 Å². The molecule has 3 aromatic rings. The molecular weight excluding hydrogens is 447 g/mol. The Morgan fingerprint density at radius 3 is 1.71 bits per heavy atom. The SMILES string of the molecule is Oc1ccc(-c2cc(C(F)(F)F)[nH]n2)c(O)c1-c1cc(C(F)(F)F)cc(C(F)(F)F)c1. The molecule has 0 fully saturated rings. The lowest BCUT2D eigenvalue weighted by molar-refractivity contribution is -0.143. The van der Waals surface area contributed by atoms with E-state index in [9.17, 15) is 49.7 Å². The number of nitrogens with zero attached hydrogens (tertiary/aromatic N) is 1. The van der Waals surface area contributed by atoms with E-state index >= 15 is 0 Å². The van der Waals surface area contributed by atoms with Gasteiger partial charge < -0.3 is 10.2 Å². The topological polar surface area (TPSA) is 69.1 Å². The van der Waals surface area contributed by atoms with Crippen LogP contribution >= 0.6 is 0 Å². The molecule has 0 radical (unpaired) electrons. The highest BCUT2D eigenvalue weighted by Crippen LogP contribution is 2.46. The number of aromatic hydroxyl groups is 2. The van der Waals surface area contributed by atoms with Gasteiger partial charge in [0.05, 0.1) is 22.4 Å². The Bertz CT molecular complexity index is 1100. The average Bonchev–Trinajstić information content (AvgIpc) is 3.10. The number of hydrogen-bond donors (Lipinski definition) is 3. The molecule has 0 bridgehead atoms. The van der Waals surface area contributed by atoms with Gasteiger partial charge in [-0.15, -0.1) is 0 Å². The summed E-state index contributed by atoms with van der Waals surface area (Å²) in [6.45, 7) is 0. The maximum Gasteiger partial charge on any atom is 0.432 e. The Kier molecular flexibility index (Phi) is 5.11. The number of halogens is 9. The highest BCUT2D eigenvalue weighted by Gasteiger charge is 2.38. The number of hydrogen-bond acceptors (Lipinski definition) is 3. The lowest BCUT2D eigenvalue weighted by atomic mass is 9.95. The van der Waals surface area contributed by atoms with Crippen LogP contribution in [0.1, 0.15) is 16.8 Å². The molecule has 166 valence electrons. The largest absolute Gasteiger partial charge is 0.507 e. The average molecular weight is 456 g/mol. The van der Waals surface area contributed by atoms with Crippen LogP contribution in [0.25, 0.3) is 22.4 Å². The van der Waals surface area contributed by atoms with E-state index in [1.807, 2.05) is 0 Å². The first-order chi connectivity index (χ1) is 14.1. The molecule has 0 saturated heterocycles. The number of rotatable bonds is 2. The van der Waals surface area contributed by atoms with Gasteiger partial charge in [-0.2, -0.15) is 44.6 Å². The van der Waals surface area contributed by atoms with Crippen molar-refractivity contribution in [1.82, 2.24) is 10.2 Å². The minimum atomic E-state index is -5.19. The minimum absolute atomic E-state index is 0.148. The summed E-state index contributed by atoms with van der Waals surface area (Å²) in [5.74, 6) is -1.96. The predicted molar refractivity (Wildman–Crippen MR) is 87.8 cm³/mol. The summed E-state index contributed by atoms with van der Waals surface area (Å²) < 4.78 is 117. The number of phenols is 2. The van der Waals surface area contributed by atoms with Crippen LogP contribution in [0.4, 0.5) is 39.5 Å². The number of aromatic amines is 1. The molecule has 31 heavy (non-hydrogen) atoms. The van der Waals surface area contributed by atoms with Crippen LogP contribution in [-0.2, 0) is 18.5 Å². The quantitative estimate of drug-likeness (QED) is 0.402. The van der Waals surface area contributed by atoms with Crippen LogP contribution in [0.5, 0.6) is 11.5 Å². The van der Waals surface area contributed by atoms with Crippen molar-refractivity contribution in [2.75, 3.05) is 0 Å². The van der Waals surface area contributed by atoms with Gasteiger partial charge in [-0.3, -0.25) is 5.10 Å². The molecule has 0 spiro atoms. The highest BCUT2D eigenvalue weighted by atomic mass is 19.4. The standard InChI is InChI=1S/C18H9F9N2O2/c19-16(20,21)8-3-7(4-9(5-8)17(22,23)24)14-12(30)2-1-10(15(14)31)11-6-13(29-28-11)18(25,26)27/h1-6,30-31H,(H,28,29). The summed E-state index contributed by atoms with van der Waals surface area (Å²) >= 11 is 0. The molecular formula is C18H9F9N2O2. The fourth-order valence-corrected chi connectivity index (χ4v) is 2.78. The summed E-state index contributed by atoms with van der Waals surface area (Å²) in [7, 11) is 0. The smallest absolute Gasteiger partial charge is 0.432 e. The van der Waals surface area contributed by atoms with Crippen LogP contribution in [-0.4, -0.2) is 20.4 Å². The second-order valence-corrected chi connectivity index (χ2v) is 6.32. The lowest BCUT2D eigenvalue weighted by Gasteiger charge is -2.16. The third-order valence-electron chi connectivity index (χ3n) is 4.19. The Morgan fingerprint density at radius 2 is 1.26 bits per heavy atom. The van der Waals surface area contributed by atoms with Crippen molar-refractivity contribution in [3.05, 3.63) is 53.2 Å². The molecule has 0 aliphatic heterocycles. The van der Waals surface area contributed by atoms with Gasteiger partial charge in [-0.05, 0) is 42.0 Å². The Hall–Kier alpha value is -3.38. The Balaban J connectivity index is 2.24. The maximum absolute atomic E-state index is 13.1. The van der Waals surface area contributed by atoms with Gasteiger partial charge >= 0.3 is 18.5 Å². The first-order valence-electron chi connectivity index (χ1n) is 8.07. The summed E-state index contributed by atoms with van der Waals surface area (Å²) in [6, 6.07) is 2.55. The van der Waals surface area contributed by atoms with Crippen LogP contribution in [0, 0.1) is 0 Å². The van der Waals surface area contributed by atoms with Gasteiger partial charge in [-0.1, -0.05) is 0 Å². The van der Waals surface area contributed by atoms with E-state index in [0.29, 0.717) is 6.07 Å². The summed E-state index contributed by atoms with van der Waals surface area (Å²) in [6.07, 6.45) is -15.2. The van der Waals surface area contributed by atoms with Gasteiger partial charge in [0.2, 0.25) is 0 Å². The predicted octanol–water partition coefficient (Wildman–Crippen LogP) is 6.21. The van der Waals surface area contributed by atoms with E-state index < -0.39 is 69.2 Å². The van der Waals surface area contributed by atoms with Crippen molar-refractivity contribution in [2.24, 2.45) is 0 Å². The van der Waals surface area contributed by atoms with Crippen LogP contribution in [0.3, 0.4) is 0 Å². The number of aromatic nitrogens is 2. The van der Waals surface area contributed by atoms with Crippen molar-refractivity contribution >= 4 is 0 Å². The van der Waals surface area contributed by atoms with Crippen LogP contribution in [0.2, 0.25) is 0 Å². The van der Waals surface area contributed by atoms with E-state index in [4.69, 9.17) is 0 Å². The first kappa shape index (κ1) is 22.3. The maximum atomic E-state index is 13.1. The zero-order valence-electron chi connectivity index (χ0n) is 14.7. The number of H-pyrrole nitrogens is 1. The van der Waals surface area contributed by atoms with Gasteiger partial charge in [0.25, 0.3) is 0 Å². The molecule has 0 atom stereocenters. The number of alkyl halides is 9. The van der Waals surface area contributed by atoms with Crippen molar-refractivity contribution in [1.29, 1.82) is 0 Å². The van der Waals surface area contributed by atoms with Crippen molar-refractivity contribution in [3.63, 3.8) is 0 Å². The molecule has 1 aromatic heterocycles. The number of benzene rings is 2. The monoisotopic (exact) mass is 456 g/mol. The van der Waals surface area contributed by atoms with E-state index in [2.05, 4.69) is 5.10 Å². The third-order valence-corrected chi connectivity index (χ3v) is 4.19. The van der Waals surface area contributed by atoms with Crippen molar-refractivity contribution < 1.29 is 49.7 Å². The summed E-state index contributed by atoms with van der Waals surface area (Å²) in [5, 5.41) is 25.4. The molecule has 1 heterocycles. The minimum Gasteiger partial charge on any atom is -0.507 e. The zero-order valence-corrected chi connectivity index (χ0v) is 14.7. The van der Waals surface area contributed by atoms with E-state index in [1.54, 1.807) is 5.10 Å². The second kappa shape index (κ2) is 7.10. The van der Waals surface area contributed by atoms with Crippen molar-refractivity contribution in [2.45, 2.75) is 18.5 Å². The molecule has 4 nitrogen and oxygen atoms in total. The Morgan fingerprint density at radius 1 is 0.710 bits per heavy atom. The number of phenolic OH excluding ortho intramolecular Hbond substituents is 2. The third kappa shape index (κ3) is 4.39. The zero-order chi connectivity index (χ0) is 23.4. The van der Waals surface area contributed by atoms with Crippen LogP contribution < -0.4 is 0 Å². The molecule has 0 aliphatic rings. The summed E-state index contributed by atoms with van der Waals surface area (Å²) in [4.78, 5) is 0. The molecule has 2 aromatic carbocycles. The Labute approximate surface area is 166 Å². The molecule has 3 N–H and O–H groups in total. The fraction of sp³-hybridized carbons (Fsp3) is 0.167. The normalized spacial score (nSPS) is 12.9. The van der Waals surface area contributed by atoms with Gasteiger partial charge in [-0.25, -0.2) is 0 Å². The summed E-state index contributed by atoms with van der Waals surface area (Å²) in [5.41, 5.74) is -7.40. The van der Waals surface area contributed by atoms with E-state index in [1.165, 1.54) is 0 Å².